The Morgan fingerprint density at radius 1 is 1.29 bits per heavy atom. The fourth-order valence-electron chi connectivity index (χ4n) is 1.55. The van der Waals surface area contributed by atoms with Gasteiger partial charge in [0.15, 0.2) is 5.13 Å². The first-order valence-electron chi connectivity index (χ1n) is 5.81. The second-order valence-electron chi connectivity index (χ2n) is 4.07. The van der Waals surface area contributed by atoms with E-state index >= 15 is 0 Å². The number of halogens is 1. The zero-order valence-corrected chi connectivity index (χ0v) is 12.8. The molecule has 1 aromatic carbocycles. The molecule has 112 valence electrons. The Bertz CT molecular complexity index is 770. The van der Waals surface area contributed by atoms with E-state index in [4.69, 9.17) is 0 Å². The number of sulfonamides is 1. The number of amides is 1. The van der Waals surface area contributed by atoms with E-state index in [1.165, 1.54) is 7.05 Å². The first kappa shape index (κ1) is 15.4. The lowest BCUT2D eigenvalue weighted by molar-refractivity contribution is 0.0966. The van der Waals surface area contributed by atoms with Gasteiger partial charge >= 0.3 is 0 Å². The van der Waals surface area contributed by atoms with Gasteiger partial charge in [-0.25, -0.2) is 17.8 Å². The summed E-state index contributed by atoms with van der Waals surface area (Å²) in [6, 6.07) is 4.41. The first-order valence-corrected chi connectivity index (χ1v) is 8.11. The molecule has 1 amide bonds. The molecule has 0 fully saturated rings. The van der Waals surface area contributed by atoms with Gasteiger partial charge in [-0.05, 0) is 31.2 Å². The normalized spacial score (nSPS) is 11.2. The number of anilines is 1. The van der Waals surface area contributed by atoms with Crippen LogP contribution in [-0.4, -0.2) is 26.4 Å². The molecule has 2 rings (SSSR count). The number of aryl methyl sites for hydroxylation is 1. The number of aromatic nitrogens is 1. The Labute approximate surface area is 125 Å². The van der Waals surface area contributed by atoms with Crippen molar-refractivity contribution in [3.8, 4) is 0 Å². The SMILES string of the molecule is CNC(=O)c1sc(NS(=O)(=O)c2ccc(F)cc2)nc1C. The van der Waals surface area contributed by atoms with E-state index in [1.807, 2.05) is 0 Å². The minimum atomic E-state index is -3.87. The van der Waals surface area contributed by atoms with Crippen LogP contribution in [0.3, 0.4) is 0 Å². The largest absolute Gasteiger partial charge is 0.354 e. The molecule has 1 heterocycles. The van der Waals surface area contributed by atoms with Gasteiger partial charge in [0.2, 0.25) is 0 Å². The summed E-state index contributed by atoms with van der Waals surface area (Å²) in [6.45, 7) is 1.61. The second-order valence-corrected chi connectivity index (χ2v) is 6.75. The van der Waals surface area contributed by atoms with Crippen LogP contribution in [0.1, 0.15) is 15.4 Å². The predicted molar refractivity (Wildman–Crippen MR) is 77.4 cm³/mol. The van der Waals surface area contributed by atoms with Crippen molar-refractivity contribution in [2.24, 2.45) is 0 Å². The highest BCUT2D eigenvalue weighted by molar-refractivity contribution is 7.93. The molecule has 0 aliphatic carbocycles. The van der Waals surface area contributed by atoms with Crippen molar-refractivity contribution in [3.63, 3.8) is 0 Å². The van der Waals surface area contributed by atoms with Crippen LogP contribution in [-0.2, 0) is 10.0 Å². The molecule has 9 heteroatoms. The van der Waals surface area contributed by atoms with Crippen molar-refractivity contribution in [2.75, 3.05) is 11.8 Å². The molecule has 2 aromatic rings. The van der Waals surface area contributed by atoms with Crippen molar-refractivity contribution in [1.82, 2.24) is 10.3 Å². The Morgan fingerprint density at radius 2 is 1.90 bits per heavy atom. The second kappa shape index (κ2) is 5.78. The lowest BCUT2D eigenvalue weighted by atomic mass is 10.4. The number of rotatable bonds is 4. The number of thiazole rings is 1. The predicted octanol–water partition coefficient (Wildman–Crippen LogP) is 1.75. The Kier molecular flexibility index (Phi) is 4.24. The molecule has 6 nitrogen and oxygen atoms in total. The summed E-state index contributed by atoms with van der Waals surface area (Å²) in [5, 5.41) is 2.53. The van der Waals surface area contributed by atoms with E-state index in [1.54, 1.807) is 6.92 Å². The maximum Gasteiger partial charge on any atom is 0.263 e. The van der Waals surface area contributed by atoms with Crippen LogP contribution < -0.4 is 10.0 Å². The summed E-state index contributed by atoms with van der Waals surface area (Å²) in [5.41, 5.74) is 0.427. The van der Waals surface area contributed by atoms with E-state index < -0.39 is 15.8 Å². The molecule has 0 saturated carbocycles. The average Bonchev–Trinajstić information content (AvgIpc) is 2.78. The lowest BCUT2D eigenvalue weighted by Crippen LogP contribution is -2.17. The van der Waals surface area contributed by atoms with Gasteiger partial charge in [0.05, 0.1) is 10.6 Å². The van der Waals surface area contributed by atoms with Crippen LogP contribution in [0.4, 0.5) is 9.52 Å². The molecule has 0 aliphatic rings. The summed E-state index contributed by atoms with van der Waals surface area (Å²) in [6.07, 6.45) is 0. The number of carbonyl (C=O) groups excluding carboxylic acids is 1. The van der Waals surface area contributed by atoms with Gasteiger partial charge in [-0.2, -0.15) is 0 Å². The minimum absolute atomic E-state index is 0.0791. The van der Waals surface area contributed by atoms with Crippen LogP contribution in [0.15, 0.2) is 29.2 Å². The number of nitrogens with one attached hydrogen (secondary N) is 2. The zero-order valence-electron chi connectivity index (χ0n) is 11.2. The fraction of sp³-hybridized carbons (Fsp3) is 0.167. The summed E-state index contributed by atoms with van der Waals surface area (Å²) in [7, 11) is -2.39. The Balaban J connectivity index is 2.29. The van der Waals surface area contributed by atoms with Crippen LogP contribution >= 0.6 is 11.3 Å². The third-order valence-corrected chi connectivity index (χ3v) is 5.13. The zero-order chi connectivity index (χ0) is 15.6. The summed E-state index contributed by atoms with van der Waals surface area (Å²) in [5.74, 6) is -0.863. The first-order chi connectivity index (χ1) is 9.83. The summed E-state index contributed by atoms with van der Waals surface area (Å²) < 4.78 is 39.3. The average molecular weight is 329 g/mol. The number of carbonyl (C=O) groups is 1. The standard InChI is InChI=1S/C12H12FN3O3S2/c1-7-10(11(17)14-2)20-12(15-7)16-21(18,19)9-5-3-8(13)4-6-9/h3-6H,1-2H3,(H,14,17)(H,15,16). The van der Waals surface area contributed by atoms with Crippen LogP contribution in [0.2, 0.25) is 0 Å². The fourth-order valence-corrected chi connectivity index (χ4v) is 3.70. The molecule has 1 aromatic heterocycles. The lowest BCUT2D eigenvalue weighted by Gasteiger charge is -2.04. The van der Waals surface area contributed by atoms with Gasteiger partial charge in [-0.3, -0.25) is 9.52 Å². The van der Waals surface area contributed by atoms with Gasteiger partial charge in [0.1, 0.15) is 10.7 Å². The number of benzene rings is 1. The molecule has 21 heavy (non-hydrogen) atoms. The highest BCUT2D eigenvalue weighted by atomic mass is 32.2. The monoisotopic (exact) mass is 329 g/mol. The Hall–Kier alpha value is -2.00. The molecule has 0 saturated heterocycles. The third-order valence-electron chi connectivity index (χ3n) is 2.58. The highest BCUT2D eigenvalue weighted by Gasteiger charge is 2.19. The molecule has 0 atom stereocenters. The van der Waals surface area contributed by atoms with Crippen molar-refractivity contribution in [3.05, 3.63) is 40.7 Å². The highest BCUT2D eigenvalue weighted by Crippen LogP contribution is 2.25. The maximum absolute atomic E-state index is 12.8. The van der Waals surface area contributed by atoms with Crippen LogP contribution in [0.5, 0.6) is 0 Å². The maximum atomic E-state index is 12.8. The van der Waals surface area contributed by atoms with Crippen LogP contribution in [0.25, 0.3) is 0 Å². The smallest absolute Gasteiger partial charge is 0.263 e. The van der Waals surface area contributed by atoms with E-state index in [0.717, 1.165) is 35.6 Å². The molecular weight excluding hydrogens is 317 g/mol. The van der Waals surface area contributed by atoms with Gasteiger partial charge in [0.25, 0.3) is 15.9 Å². The number of hydrogen-bond acceptors (Lipinski definition) is 5. The van der Waals surface area contributed by atoms with Crippen molar-refractivity contribution < 1.29 is 17.6 Å². The molecule has 2 N–H and O–H groups in total. The number of nitrogens with zero attached hydrogens (tertiary/aromatic N) is 1. The van der Waals surface area contributed by atoms with Gasteiger partial charge in [-0.1, -0.05) is 11.3 Å². The van der Waals surface area contributed by atoms with Crippen molar-refractivity contribution >= 4 is 32.4 Å². The van der Waals surface area contributed by atoms with Crippen LogP contribution in [0, 0.1) is 12.7 Å². The van der Waals surface area contributed by atoms with E-state index in [2.05, 4.69) is 15.0 Å². The van der Waals surface area contributed by atoms with E-state index in [9.17, 15) is 17.6 Å². The summed E-state index contributed by atoms with van der Waals surface area (Å²) in [4.78, 5) is 15.8. The van der Waals surface area contributed by atoms with Gasteiger partial charge < -0.3 is 5.32 Å². The van der Waals surface area contributed by atoms with E-state index in [0.29, 0.717) is 10.6 Å². The van der Waals surface area contributed by atoms with E-state index in [-0.39, 0.29) is 15.9 Å². The molecule has 0 bridgehead atoms. The van der Waals surface area contributed by atoms with Gasteiger partial charge in [-0.15, -0.1) is 0 Å². The topological polar surface area (TPSA) is 88.2 Å². The molecule has 0 radical (unpaired) electrons. The molecule has 0 spiro atoms. The minimum Gasteiger partial charge on any atom is -0.354 e. The molecule has 0 unspecified atom stereocenters. The van der Waals surface area contributed by atoms with Crippen molar-refractivity contribution in [1.29, 1.82) is 0 Å². The summed E-state index contributed by atoms with van der Waals surface area (Å²) >= 11 is 0.929. The molecule has 0 aliphatic heterocycles. The quantitative estimate of drug-likeness (QED) is 0.894. The third kappa shape index (κ3) is 3.37. The number of hydrogen-bond donors (Lipinski definition) is 2. The van der Waals surface area contributed by atoms with Crippen molar-refractivity contribution in [2.45, 2.75) is 11.8 Å². The Morgan fingerprint density at radius 3 is 2.48 bits per heavy atom. The molecular formula is C12H12FN3O3S2. The van der Waals surface area contributed by atoms with Gasteiger partial charge in [0, 0.05) is 7.05 Å².